The number of hydrogen-bond acceptors (Lipinski definition) is 6. The number of aliphatic hydroxyl groups excluding tert-OH is 1. The summed E-state index contributed by atoms with van der Waals surface area (Å²) in [5, 5.41) is 9.36. The van der Waals surface area contributed by atoms with Gasteiger partial charge in [-0.2, -0.15) is 13.2 Å². The molecule has 0 fully saturated rings. The fourth-order valence-electron chi connectivity index (χ4n) is 3.23. The van der Waals surface area contributed by atoms with E-state index in [-0.39, 0.29) is 26.9 Å². The Labute approximate surface area is 196 Å². The topological polar surface area (TPSA) is 97.2 Å². The third-order valence-corrected chi connectivity index (χ3v) is 6.56. The molecular weight excluding hydrogens is 502 g/mol. The van der Waals surface area contributed by atoms with E-state index < -0.39 is 35.9 Å². The van der Waals surface area contributed by atoms with Gasteiger partial charge in [-0.3, -0.25) is 14.3 Å². The van der Waals surface area contributed by atoms with E-state index in [1.807, 2.05) is 4.98 Å². The molecule has 0 spiro atoms. The molecule has 4 rings (SSSR count). The van der Waals surface area contributed by atoms with Gasteiger partial charge in [-0.1, -0.05) is 11.6 Å². The first-order valence-corrected chi connectivity index (χ1v) is 10.8. The van der Waals surface area contributed by atoms with Crippen LogP contribution in [0.4, 0.5) is 17.6 Å². The summed E-state index contributed by atoms with van der Waals surface area (Å²) in [5.74, 6) is -0.189. The van der Waals surface area contributed by atoms with Crippen molar-refractivity contribution in [1.82, 2.24) is 14.5 Å². The summed E-state index contributed by atoms with van der Waals surface area (Å²) in [5.41, 5.74) is -0.873. The Hall–Kier alpha value is -3.22. The predicted octanol–water partition coefficient (Wildman–Crippen LogP) is 4.63. The molecule has 0 saturated heterocycles. The van der Waals surface area contributed by atoms with Crippen LogP contribution in [0.2, 0.25) is 5.02 Å². The summed E-state index contributed by atoms with van der Waals surface area (Å²) in [6, 6.07) is 6.89. The van der Waals surface area contributed by atoms with Crippen LogP contribution in [-0.2, 0) is 6.54 Å². The number of thiophene rings is 1. The maximum atomic E-state index is 13.3. The van der Waals surface area contributed by atoms with Gasteiger partial charge in [-0.05, 0) is 30.7 Å². The molecule has 0 amide bonds. The monoisotopic (exact) mass is 515 g/mol. The lowest BCUT2D eigenvalue weighted by molar-refractivity contribution is -0.207. The molecule has 0 aliphatic heterocycles. The second-order valence-corrected chi connectivity index (χ2v) is 8.63. The first-order valence-electron chi connectivity index (χ1n) is 9.56. The molecule has 0 saturated carbocycles. The van der Waals surface area contributed by atoms with Crippen LogP contribution in [-0.4, -0.2) is 31.9 Å². The highest BCUT2D eigenvalue weighted by Crippen LogP contribution is 2.37. The molecule has 0 radical (unpaired) electrons. The van der Waals surface area contributed by atoms with Gasteiger partial charge in [0, 0.05) is 28.8 Å². The van der Waals surface area contributed by atoms with Crippen molar-refractivity contribution in [3.05, 3.63) is 73.8 Å². The van der Waals surface area contributed by atoms with E-state index in [1.54, 1.807) is 13.0 Å². The molecule has 0 unspecified atom stereocenters. The number of alkyl halides is 3. The summed E-state index contributed by atoms with van der Waals surface area (Å²) < 4.78 is 58.1. The molecule has 13 heteroatoms. The number of hydrogen-bond donors (Lipinski definition) is 2. The van der Waals surface area contributed by atoms with E-state index >= 15 is 0 Å². The van der Waals surface area contributed by atoms with Gasteiger partial charge < -0.3 is 9.84 Å². The Morgan fingerprint density at radius 1 is 1.26 bits per heavy atom. The van der Waals surface area contributed by atoms with Gasteiger partial charge in [-0.15, -0.1) is 11.3 Å². The minimum absolute atomic E-state index is 0.00849. The van der Waals surface area contributed by atoms with Gasteiger partial charge in [0.15, 0.2) is 6.10 Å². The Morgan fingerprint density at radius 2 is 2.00 bits per heavy atom. The van der Waals surface area contributed by atoms with E-state index in [9.17, 15) is 32.3 Å². The third-order valence-electron chi connectivity index (χ3n) is 4.91. The van der Waals surface area contributed by atoms with Crippen molar-refractivity contribution in [2.75, 3.05) is 0 Å². The van der Waals surface area contributed by atoms with Crippen LogP contribution in [0.3, 0.4) is 0 Å². The summed E-state index contributed by atoms with van der Waals surface area (Å²) >= 11 is 6.65. The van der Waals surface area contributed by atoms with E-state index in [0.717, 1.165) is 17.4 Å². The average Bonchev–Trinajstić information content (AvgIpc) is 3.11. The molecule has 0 bridgehead atoms. The number of halogens is 5. The largest absolute Gasteiger partial charge is 0.439 e. The molecule has 2 N–H and O–H groups in total. The SMILES string of the molecule is Cc1c(-c2ccc(Oc3ccc(F)c(Cl)c3)nc2)sc2c1c(=O)[nH]c(=O)n2C[C@@H](O)C(F)(F)F. The van der Waals surface area contributed by atoms with Crippen LogP contribution in [0.15, 0.2) is 46.1 Å². The zero-order chi connectivity index (χ0) is 24.8. The smallest absolute Gasteiger partial charge is 0.416 e. The first-order chi connectivity index (χ1) is 16.0. The molecule has 1 aromatic carbocycles. The van der Waals surface area contributed by atoms with E-state index in [0.29, 0.717) is 20.6 Å². The van der Waals surface area contributed by atoms with Crippen LogP contribution in [0, 0.1) is 12.7 Å². The first kappa shape index (κ1) is 23.9. The molecule has 3 aromatic heterocycles. The van der Waals surface area contributed by atoms with Gasteiger partial charge >= 0.3 is 11.9 Å². The lowest BCUT2D eigenvalue weighted by Gasteiger charge is -2.15. The van der Waals surface area contributed by atoms with Crippen LogP contribution in [0.25, 0.3) is 20.7 Å². The number of pyridine rings is 1. The molecule has 178 valence electrons. The summed E-state index contributed by atoms with van der Waals surface area (Å²) in [6.45, 7) is 0.517. The predicted molar refractivity (Wildman–Crippen MR) is 118 cm³/mol. The normalized spacial score (nSPS) is 12.8. The third kappa shape index (κ3) is 4.56. The number of fused-ring (bicyclic) bond motifs is 1. The summed E-state index contributed by atoms with van der Waals surface area (Å²) in [4.78, 5) is 31.2. The number of H-pyrrole nitrogens is 1. The zero-order valence-corrected chi connectivity index (χ0v) is 18.7. The number of ether oxygens (including phenoxy) is 1. The maximum Gasteiger partial charge on any atom is 0.416 e. The van der Waals surface area contributed by atoms with Crippen molar-refractivity contribution in [2.24, 2.45) is 0 Å². The van der Waals surface area contributed by atoms with Gasteiger partial charge in [-0.25, -0.2) is 14.2 Å². The summed E-state index contributed by atoms with van der Waals surface area (Å²) in [6.07, 6.45) is -6.31. The van der Waals surface area contributed by atoms with Crippen molar-refractivity contribution in [3.63, 3.8) is 0 Å². The van der Waals surface area contributed by atoms with Gasteiger partial charge in [0.25, 0.3) is 5.56 Å². The molecule has 3 heterocycles. The van der Waals surface area contributed by atoms with Crippen LogP contribution >= 0.6 is 22.9 Å². The molecular formula is C21H14ClF4N3O4S. The molecule has 1 atom stereocenters. The number of nitrogens with one attached hydrogen (secondary N) is 1. The highest BCUT2D eigenvalue weighted by Gasteiger charge is 2.39. The second kappa shape index (κ2) is 8.85. The number of aryl methyl sites for hydroxylation is 1. The number of benzene rings is 1. The van der Waals surface area contributed by atoms with Crippen LogP contribution in [0.5, 0.6) is 11.6 Å². The number of aromatic nitrogens is 3. The average molecular weight is 516 g/mol. The minimum Gasteiger partial charge on any atom is -0.439 e. The van der Waals surface area contributed by atoms with Gasteiger partial charge in [0.05, 0.1) is 17.0 Å². The second-order valence-electron chi connectivity index (χ2n) is 7.23. The lowest BCUT2D eigenvalue weighted by atomic mass is 10.1. The fourth-order valence-corrected chi connectivity index (χ4v) is 4.70. The Balaban J connectivity index is 1.72. The quantitative estimate of drug-likeness (QED) is 0.378. The highest BCUT2D eigenvalue weighted by atomic mass is 35.5. The number of aromatic amines is 1. The number of nitrogens with zero attached hydrogens (tertiary/aromatic N) is 2. The lowest BCUT2D eigenvalue weighted by Crippen LogP contribution is -2.38. The van der Waals surface area contributed by atoms with Gasteiger partial charge in [0.2, 0.25) is 5.88 Å². The van der Waals surface area contributed by atoms with Crippen LogP contribution in [0.1, 0.15) is 5.56 Å². The molecule has 0 aliphatic rings. The number of aliphatic hydroxyl groups is 1. The number of rotatable bonds is 5. The molecule has 7 nitrogen and oxygen atoms in total. The van der Waals surface area contributed by atoms with E-state index in [1.165, 1.54) is 24.4 Å². The molecule has 0 aliphatic carbocycles. The maximum absolute atomic E-state index is 13.3. The minimum atomic E-state index is -4.94. The van der Waals surface area contributed by atoms with E-state index in [2.05, 4.69) is 4.98 Å². The fraction of sp³-hybridized carbons (Fsp3) is 0.190. The zero-order valence-electron chi connectivity index (χ0n) is 17.1. The van der Waals surface area contributed by atoms with E-state index in [4.69, 9.17) is 16.3 Å². The Kier molecular flexibility index (Phi) is 6.23. The van der Waals surface area contributed by atoms with Crippen LogP contribution < -0.4 is 16.0 Å². The Bertz CT molecular complexity index is 1500. The van der Waals surface area contributed by atoms with Crippen molar-refractivity contribution >= 4 is 33.2 Å². The van der Waals surface area contributed by atoms with Crippen molar-refractivity contribution < 1.29 is 27.4 Å². The summed E-state index contributed by atoms with van der Waals surface area (Å²) in [7, 11) is 0. The van der Waals surface area contributed by atoms with Crippen molar-refractivity contribution in [3.8, 4) is 22.1 Å². The van der Waals surface area contributed by atoms with Crippen molar-refractivity contribution in [1.29, 1.82) is 0 Å². The molecule has 4 aromatic rings. The highest BCUT2D eigenvalue weighted by molar-refractivity contribution is 7.22. The Morgan fingerprint density at radius 3 is 2.62 bits per heavy atom. The standard InChI is InChI=1S/C21H14ClF4N3O4S/c1-9-16-18(31)28-20(32)29(8-14(30)21(24,25)26)19(16)34-17(9)10-2-5-15(27-7-10)33-11-3-4-13(23)12(22)6-11/h2-7,14,30H,8H2,1H3,(H,28,31,32)/t14-/m1/s1. The van der Waals surface area contributed by atoms with Gasteiger partial charge in [0.1, 0.15) is 16.4 Å². The van der Waals surface area contributed by atoms with Crippen molar-refractivity contribution in [2.45, 2.75) is 25.7 Å². The molecule has 34 heavy (non-hydrogen) atoms.